The van der Waals surface area contributed by atoms with E-state index in [0.717, 1.165) is 25.7 Å². The topological polar surface area (TPSA) is 56.8 Å². The fourth-order valence-corrected chi connectivity index (χ4v) is 4.92. The number of hydrogen-bond acceptors (Lipinski definition) is 4. The first kappa shape index (κ1) is 13.0. The summed E-state index contributed by atoms with van der Waals surface area (Å²) < 4.78 is 6.12. The molecular formula is C15H23NO4. The van der Waals surface area contributed by atoms with Gasteiger partial charge in [-0.1, -0.05) is 13.8 Å². The largest absolute Gasteiger partial charge is 0.328 e. The van der Waals surface area contributed by atoms with Crippen LogP contribution in [0.3, 0.4) is 0 Å². The van der Waals surface area contributed by atoms with Gasteiger partial charge in [-0.2, -0.15) is 0 Å². The van der Waals surface area contributed by atoms with Crippen LogP contribution in [-0.2, 0) is 19.3 Å². The van der Waals surface area contributed by atoms with Gasteiger partial charge >= 0.3 is 0 Å². The van der Waals surface area contributed by atoms with Crippen molar-refractivity contribution in [2.45, 2.75) is 64.1 Å². The normalized spacial score (nSPS) is 57.8. The second-order valence-electron chi connectivity index (χ2n) is 7.26. The first-order valence-electron chi connectivity index (χ1n) is 7.81. The zero-order valence-electron chi connectivity index (χ0n) is 12.3. The lowest BCUT2D eigenvalue weighted by atomic mass is 9.57. The number of carbonyl (C=O) groups is 1. The Morgan fingerprint density at radius 3 is 2.75 bits per heavy atom. The molecule has 1 N–H and O–H groups in total. The fourth-order valence-electron chi connectivity index (χ4n) is 4.92. The standard InChI is InChI=1S/C15H23NO4/c1-8-4-5-11-9(2)12(17)16-13-15(11)10(8)6-7-14(3,18-13)19-20-15/h8-11,13H,4-7H2,1-3H3,(H,16,17)/t8-,9-,10+,11+,13-,14+,15-/m1/s1. The molecule has 1 spiro atoms. The Bertz CT molecular complexity index is 455. The average molecular weight is 281 g/mol. The van der Waals surface area contributed by atoms with Crippen LogP contribution in [0.5, 0.6) is 0 Å². The predicted molar refractivity (Wildman–Crippen MR) is 70.1 cm³/mol. The van der Waals surface area contributed by atoms with Gasteiger partial charge in [0.15, 0.2) is 11.8 Å². The van der Waals surface area contributed by atoms with E-state index in [9.17, 15) is 4.79 Å². The summed E-state index contributed by atoms with van der Waals surface area (Å²) in [6.45, 7) is 6.19. The molecule has 1 amide bonds. The second-order valence-corrected chi connectivity index (χ2v) is 7.26. The Morgan fingerprint density at radius 2 is 1.95 bits per heavy atom. The molecular weight excluding hydrogens is 258 g/mol. The first-order valence-corrected chi connectivity index (χ1v) is 7.81. The van der Waals surface area contributed by atoms with Gasteiger partial charge in [-0.3, -0.25) is 4.79 Å². The summed E-state index contributed by atoms with van der Waals surface area (Å²) in [5.74, 6) is 0.452. The van der Waals surface area contributed by atoms with Gasteiger partial charge in [0.1, 0.15) is 0 Å². The molecule has 0 unspecified atom stereocenters. The minimum absolute atomic E-state index is 0.0455. The lowest BCUT2D eigenvalue weighted by molar-refractivity contribution is -0.538. The number of carbonyl (C=O) groups excluding carboxylic acids is 1. The Hall–Kier alpha value is -0.650. The molecule has 4 aliphatic heterocycles. The van der Waals surface area contributed by atoms with Gasteiger partial charge in [-0.05, 0) is 38.0 Å². The van der Waals surface area contributed by atoms with E-state index in [1.807, 2.05) is 13.8 Å². The molecule has 20 heavy (non-hydrogen) atoms. The third-order valence-electron chi connectivity index (χ3n) is 6.12. The quantitative estimate of drug-likeness (QED) is 0.690. The monoisotopic (exact) mass is 281 g/mol. The maximum absolute atomic E-state index is 12.2. The van der Waals surface area contributed by atoms with Gasteiger partial charge in [-0.25, -0.2) is 9.78 Å². The van der Waals surface area contributed by atoms with Crippen LogP contribution in [-0.4, -0.2) is 23.5 Å². The summed E-state index contributed by atoms with van der Waals surface area (Å²) in [5, 5.41) is 3.04. The molecule has 0 aromatic heterocycles. The van der Waals surface area contributed by atoms with Gasteiger partial charge in [0.05, 0.1) is 0 Å². The number of nitrogens with one attached hydrogen (secondary N) is 1. The van der Waals surface area contributed by atoms with Crippen LogP contribution in [0.15, 0.2) is 0 Å². The molecule has 1 saturated carbocycles. The van der Waals surface area contributed by atoms with Gasteiger partial charge in [-0.15, -0.1) is 0 Å². The van der Waals surface area contributed by atoms with E-state index in [1.165, 1.54) is 0 Å². The van der Waals surface area contributed by atoms with Crippen molar-refractivity contribution >= 4 is 5.91 Å². The predicted octanol–water partition coefficient (Wildman–Crippen LogP) is 1.97. The van der Waals surface area contributed by atoms with Crippen molar-refractivity contribution in [3.05, 3.63) is 0 Å². The molecule has 5 rings (SSSR count). The van der Waals surface area contributed by atoms with Crippen molar-refractivity contribution in [2.24, 2.45) is 23.7 Å². The summed E-state index contributed by atoms with van der Waals surface area (Å²) in [4.78, 5) is 23.9. The van der Waals surface area contributed by atoms with E-state index in [1.54, 1.807) is 0 Å². The Morgan fingerprint density at radius 1 is 1.15 bits per heavy atom. The molecule has 7 atom stereocenters. The highest BCUT2D eigenvalue weighted by Crippen LogP contribution is 2.58. The molecule has 5 fully saturated rings. The van der Waals surface area contributed by atoms with Crippen molar-refractivity contribution in [1.82, 2.24) is 5.32 Å². The molecule has 0 aromatic rings. The molecule has 112 valence electrons. The minimum atomic E-state index is -0.731. The van der Waals surface area contributed by atoms with Crippen molar-refractivity contribution in [2.75, 3.05) is 0 Å². The molecule has 4 saturated heterocycles. The molecule has 5 heteroatoms. The van der Waals surface area contributed by atoms with Crippen LogP contribution in [0.25, 0.3) is 0 Å². The van der Waals surface area contributed by atoms with E-state index in [4.69, 9.17) is 14.5 Å². The van der Waals surface area contributed by atoms with Crippen molar-refractivity contribution in [1.29, 1.82) is 0 Å². The number of rotatable bonds is 0. The van der Waals surface area contributed by atoms with E-state index in [2.05, 4.69) is 12.2 Å². The molecule has 5 nitrogen and oxygen atoms in total. The smallest absolute Gasteiger partial charge is 0.225 e. The number of hydrogen-bond donors (Lipinski definition) is 1. The van der Waals surface area contributed by atoms with Crippen LogP contribution in [0.2, 0.25) is 0 Å². The SMILES string of the molecule is C[C@@H]1CC[C@H]2[C@@H](C)C(=O)N[C@@H]3O[C@]4(C)CC[C@@H]1[C@]32OO4. The van der Waals surface area contributed by atoms with Gasteiger partial charge in [0.25, 0.3) is 0 Å². The van der Waals surface area contributed by atoms with Crippen molar-refractivity contribution < 1.29 is 19.3 Å². The third-order valence-corrected chi connectivity index (χ3v) is 6.12. The highest BCUT2D eigenvalue weighted by atomic mass is 17.3. The van der Waals surface area contributed by atoms with Crippen LogP contribution in [0.4, 0.5) is 0 Å². The number of amides is 1. The van der Waals surface area contributed by atoms with Crippen molar-refractivity contribution in [3.63, 3.8) is 0 Å². The molecule has 4 heterocycles. The first-order chi connectivity index (χ1) is 9.46. The Labute approximate surface area is 119 Å². The van der Waals surface area contributed by atoms with Crippen LogP contribution >= 0.6 is 0 Å². The van der Waals surface area contributed by atoms with E-state index < -0.39 is 11.4 Å². The molecule has 5 aliphatic rings. The lowest BCUT2D eigenvalue weighted by Gasteiger charge is -2.58. The van der Waals surface area contributed by atoms with E-state index >= 15 is 0 Å². The minimum Gasteiger partial charge on any atom is -0.328 e. The molecule has 0 aromatic carbocycles. The Kier molecular flexibility index (Phi) is 2.58. The highest BCUT2D eigenvalue weighted by molar-refractivity contribution is 5.80. The maximum Gasteiger partial charge on any atom is 0.225 e. The molecule has 0 radical (unpaired) electrons. The van der Waals surface area contributed by atoms with Crippen LogP contribution in [0.1, 0.15) is 46.5 Å². The lowest BCUT2D eigenvalue weighted by Crippen LogP contribution is -2.74. The molecule has 2 bridgehead atoms. The van der Waals surface area contributed by atoms with E-state index in [0.29, 0.717) is 11.8 Å². The van der Waals surface area contributed by atoms with Gasteiger partial charge in [0.2, 0.25) is 11.7 Å². The molecule has 1 aliphatic carbocycles. The van der Waals surface area contributed by atoms with Gasteiger partial charge in [0, 0.05) is 18.3 Å². The zero-order valence-corrected chi connectivity index (χ0v) is 12.3. The summed E-state index contributed by atoms with van der Waals surface area (Å²) in [6.07, 6.45) is 3.64. The van der Waals surface area contributed by atoms with Crippen molar-refractivity contribution in [3.8, 4) is 0 Å². The number of piperidine rings is 1. The maximum atomic E-state index is 12.2. The van der Waals surface area contributed by atoms with Gasteiger partial charge < -0.3 is 10.1 Å². The van der Waals surface area contributed by atoms with Crippen LogP contribution in [0, 0.1) is 23.7 Å². The second kappa shape index (κ2) is 3.96. The summed E-state index contributed by atoms with van der Waals surface area (Å²) in [7, 11) is 0. The highest BCUT2D eigenvalue weighted by Gasteiger charge is 2.68. The van der Waals surface area contributed by atoms with E-state index in [-0.39, 0.29) is 24.0 Å². The fraction of sp³-hybridized carbons (Fsp3) is 0.933. The third kappa shape index (κ3) is 1.46. The summed E-state index contributed by atoms with van der Waals surface area (Å²) in [5.41, 5.74) is -0.499. The summed E-state index contributed by atoms with van der Waals surface area (Å²) >= 11 is 0. The Balaban J connectivity index is 1.84. The zero-order chi connectivity index (χ0) is 14.1. The number of fused-ring (bicyclic) bond motifs is 2. The summed E-state index contributed by atoms with van der Waals surface area (Å²) in [6, 6.07) is 0. The average Bonchev–Trinajstić information content (AvgIpc) is 2.63. The number of ether oxygens (including phenoxy) is 1. The van der Waals surface area contributed by atoms with Crippen LogP contribution < -0.4 is 5.32 Å².